The van der Waals surface area contributed by atoms with E-state index in [0.717, 1.165) is 12.2 Å². The van der Waals surface area contributed by atoms with Crippen molar-refractivity contribution in [2.45, 2.75) is 0 Å². The lowest BCUT2D eigenvalue weighted by molar-refractivity contribution is -0.131. The van der Waals surface area contributed by atoms with E-state index in [-0.39, 0.29) is 0 Å². The quantitative estimate of drug-likeness (QED) is 0.362. The summed E-state index contributed by atoms with van der Waals surface area (Å²) in [6, 6.07) is 8.60. The van der Waals surface area contributed by atoms with Gasteiger partial charge < -0.3 is 9.84 Å². The Balaban J connectivity index is 2.45. The predicted octanol–water partition coefficient (Wildman–Crippen LogP) is 1.79. The maximum atomic E-state index is 11.2. The summed E-state index contributed by atoms with van der Waals surface area (Å²) in [6.07, 6.45) is 4.62. The van der Waals surface area contributed by atoms with E-state index in [4.69, 9.17) is 9.84 Å². The fourth-order valence-electron chi connectivity index (χ4n) is 0.911. The number of para-hydroxylation sites is 1. The molecule has 82 valence electrons. The number of carbonyl (C=O) groups excluding carboxylic acids is 1. The number of carboxylic acids is 1. The van der Waals surface area contributed by atoms with Gasteiger partial charge in [0.05, 0.1) is 0 Å². The number of benzene rings is 1. The van der Waals surface area contributed by atoms with Gasteiger partial charge in [0.1, 0.15) is 5.75 Å². The number of hydrogen-bond acceptors (Lipinski definition) is 3. The third-order valence-electron chi connectivity index (χ3n) is 1.54. The van der Waals surface area contributed by atoms with Gasteiger partial charge in [-0.1, -0.05) is 30.4 Å². The van der Waals surface area contributed by atoms with E-state index in [2.05, 4.69) is 0 Å². The highest BCUT2D eigenvalue weighted by Gasteiger charge is 1.97. The molecule has 0 aromatic heterocycles. The fraction of sp³-hybridized carbons (Fsp3) is 0. The van der Waals surface area contributed by atoms with Crippen LogP contribution < -0.4 is 4.74 Å². The SMILES string of the molecule is O=C(O)/C=C\C=C/C(=O)Oc1ccccc1. The Morgan fingerprint density at radius 1 is 1.06 bits per heavy atom. The maximum Gasteiger partial charge on any atom is 0.336 e. The number of carboxylic acid groups (broad SMARTS) is 1. The Kier molecular flexibility index (Phi) is 4.53. The highest BCUT2D eigenvalue weighted by Crippen LogP contribution is 2.08. The van der Waals surface area contributed by atoms with Crippen LogP contribution in [0.4, 0.5) is 0 Å². The molecule has 0 fully saturated rings. The van der Waals surface area contributed by atoms with Crippen molar-refractivity contribution in [2.24, 2.45) is 0 Å². The first-order chi connectivity index (χ1) is 7.68. The Hall–Kier alpha value is -2.36. The largest absolute Gasteiger partial charge is 0.478 e. The van der Waals surface area contributed by atoms with E-state index in [1.165, 1.54) is 12.2 Å². The molecule has 0 saturated carbocycles. The first-order valence-corrected chi connectivity index (χ1v) is 4.53. The van der Waals surface area contributed by atoms with Crippen LogP contribution in [0.1, 0.15) is 0 Å². The Bertz CT molecular complexity index is 418. The van der Waals surface area contributed by atoms with Crippen molar-refractivity contribution < 1.29 is 19.4 Å². The molecule has 1 aromatic rings. The van der Waals surface area contributed by atoms with Gasteiger partial charge in [-0.25, -0.2) is 9.59 Å². The van der Waals surface area contributed by atoms with Gasteiger partial charge in [-0.3, -0.25) is 0 Å². The van der Waals surface area contributed by atoms with Crippen molar-refractivity contribution in [3.63, 3.8) is 0 Å². The van der Waals surface area contributed by atoms with Gasteiger partial charge >= 0.3 is 11.9 Å². The van der Waals surface area contributed by atoms with Crippen LogP contribution in [0.3, 0.4) is 0 Å². The fourth-order valence-corrected chi connectivity index (χ4v) is 0.911. The molecule has 4 nitrogen and oxygen atoms in total. The zero-order valence-corrected chi connectivity index (χ0v) is 8.37. The second-order valence-electron chi connectivity index (χ2n) is 2.79. The zero-order valence-electron chi connectivity index (χ0n) is 8.37. The molecule has 1 N–H and O–H groups in total. The summed E-state index contributed by atoms with van der Waals surface area (Å²) in [4.78, 5) is 21.3. The second kappa shape index (κ2) is 6.19. The summed E-state index contributed by atoms with van der Waals surface area (Å²) in [5.41, 5.74) is 0. The molecule has 0 aliphatic heterocycles. The smallest absolute Gasteiger partial charge is 0.336 e. The third-order valence-corrected chi connectivity index (χ3v) is 1.54. The molecular formula is C12H10O4. The molecule has 16 heavy (non-hydrogen) atoms. The van der Waals surface area contributed by atoms with Gasteiger partial charge in [-0.05, 0) is 12.1 Å². The van der Waals surface area contributed by atoms with E-state index < -0.39 is 11.9 Å². The van der Waals surface area contributed by atoms with Gasteiger partial charge in [0.15, 0.2) is 0 Å². The number of ether oxygens (including phenoxy) is 1. The van der Waals surface area contributed by atoms with Gasteiger partial charge in [0.2, 0.25) is 0 Å². The van der Waals surface area contributed by atoms with Crippen molar-refractivity contribution in [2.75, 3.05) is 0 Å². The lowest BCUT2D eigenvalue weighted by atomic mass is 10.3. The first-order valence-electron chi connectivity index (χ1n) is 4.53. The van der Waals surface area contributed by atoms with E-state index in [1.807, 2.05) is 6.07 Å². The molecule has 0 aliphatic rings. The third kappa shape index (κ3) is 4.76. The van der Waals surface area contributed by atoms with Crippen molar-refractivity contribution in [1.82, 2.24) is 0 Å². The standard InChI is InChI=1S/C12H10O4/c13-11(14)8-4-5-9-12(15)16-10-6-2-1-3-7-10/h1-9H,(H,13,14)/b8-4-,9-5-. The normalized spacial score (nSPS) is 10.8. The van der Waals surface area contributed by atoms with E-state index in [9.17, 15) is 9.59 Å². The van der Waals surface area contributed by atoms with Crippen LogP contribution in [0.5, 0.6) is 5.75 Å². The molecule has 0 unspecified atom stereocenters. The van der Waals surface area contributed by atoms with Crippen molar-refractivity contribution in [3.8, 4) is 5.75 Å². The molecule has 0 spiro atoms. The highest BCUT2D eigenvalue weighted by molar-refractivity contribution is 5.85. The summed E-state index contributed by atoms with van der Waals surface area (Å²) < 4.78 is 4.91. The van der Waals surface area contributed by atoms with Crippen LogP contribution in [0.25, 0.3) is 0 Å². The second-order valence-corrected chi connectivity index (χ2v) is 2.79. The lowest BCUT2D eigenvalue weighted by Crippen LogP contribution is -2.03. The number of aliphatic carboxylic acids is 1. The monoisotopic (exact) mass is 218 g/mol. The number of rotatable bonds is 4. The predicted molar refractivity (Wildman–Crippen MR) is 58.0 cm³/mol. The molecule has 0 radical (unpaired) electrons. The van der Waals surface area contributed by atoms with Crippen LogP contribution in [-0.2, 0) is 9.59 Å². The van der Waals surface area contributed by atoms with E-state index in [0.29, 0.717) is 5.75 Å². The maximum absolute atomic E-state index is 11.2. The Labute approximate surface area is 92.5 Å². The molecule has 1 aromatic carbocycles. The van der Waals surface area contributed by atoms with Crippen LogP contribution in [0.2, 0.25) is 0 Å². The topological polar surface area (TPSA) is 63.6 Å². The molecule has 4 heteroatoms. The summed E-state index contributed by atoms with van der Waals surface area (Å²) in [5, 5.41) is 8.28. The average Bonchev–Trinajstić information content (AvgIpc) is 2.25. The summed E-state index contributed by atoms with van der Waals surface area (Å²) in [7, 11) is 0. The Morgan fingerprint density at radius 3 is 2.31 bits per heavy atom. The van der Waals surface area contributed by atoms with Crippen LogP contribution in [0.15, 0.2) is 54.6 Å². The molecule has 0 amide bonds. The molecule has 0 bridgehead atoms. The highest BCUT2D eigenvalue weighted by atomic mass is 16.5. The lowest BCUT2D eigenvalue weighted by Gasteiger charge is -1.98. The Morgan fingerprint density at radius 2 is 1.69 bits per heavy atom. The average molecular weight is 218 g/mol. The van der Waals surface area contributed by atoms with Crippen LogP contribution >= 0.6 is 0 Å². The molecule has 0 saturated heterocycles. The number of esters is 1. The molecule has 0 aliphatic carbocycles. The summed E-state index contributed by atoms with van der Waals surface area (Å²) in [5.74, 6) is -1.18. The van der Waals surface area contributed by atoms with E-state index in [1.54, 1.807) is 24.3 Å². The minimum atomic E-state index is -1.07. The zero-order chi connectivity index (χ0) is 11.8. The van der Waals surface area contributed by atoms with Gasteiger partial charge in [0.25, 0.3) is 0 Å². The van der Waals surface area contributed by atoms with Crippen LogP contribution in [-0.4, -0.2) is 17.0 Å². The van der Waals surface area contributed by atoms with Crippen molar-refractivity contribution in [3.05, 3.63) is 54.6 Å². The number of allylic oxidation sites excluding steroid dienone is 2. The summed E-state index contributed by atoms with van der Waals surface area (Å²) >= 11 is 0. The van der Waals surface area contributed by atoms with Gasteiger partial charge in [0, 0.05) is 12.2 Å². The molecule has 1 rings (SSSR count). The molecule has 0 heterocycles. The summed E-state index contributed by atoms with van der Waals surface area (Å²) in [6.45, 7) is 0. The van der Waals surface area contributed by atoms with E-state index >= 15 is 0 Å². The van der Waals surface area contributed by atoms with Gasteiger partial charge in [-0.15, -0.1) is 0 Å². The van der Waals surface area contributed by atoms with Crippen molar-refractivity contribution >= 4 is 11.9 Å². The molecular weight excluding hydrogens is 208 g/mol. The first kappa shape index (κ1) is 11.7. The number of hydrogen-bond donors (Lipinski definition) is 1. The minimum Gasteiger partial charge on any atom is -0.478 e. The van der Waals surface area contributed by atoms with Crippen molar-refractivity contribution in [1.29, 1.82) is 0 Å². The van der Waals surface area contributed by atoms with Crippen LogP contribution in [0, 0.1) is 0 Å². The number of carbonyl (C=O) groups is 2. The molecule has 0 atom stereocenters. The minimum absolute atomic E-state index is 0.444. The van der Waals surface area contributed by atoms with Gasteiger partial charge in [-0.2, -0.15) is 0 Å².